The zero-order valence-corrected chi connectivity index (χ0v) is 11.9. The van der Waals surface area contributed by atoms with Crippen LogP contribution in [0.15, 0.2) is 0 Å². The van der Waals surface area contributed by atoms with Gasteiger partial charge < -0.3 is 24.4 Å². The summed E-state index contributed by atoms with van der Waals surface area (Å²) in [7, 11) is 1.48. The normalized spacial score (nSPS) is 20.0. The Kier molecular flexibility index (Phi) is 5.56. The highest BCUT2D eigenvalue weighted by Crippen LogP contribution is 2.13. The summed E-state index contributed by atoms with van der Waals surface area (Å²) in [6.45, 7) is 6.43. The first-order valence-corrected chi connectivity index (χ1v) is 6.19. The zero-order chi connectivity index (χ0) is 14.5. The molecule has 0 bridgehead atoms. The lowest BCUT2D eigenvalue weighted by Gasteiger charge is -2.33. The number of amides is 2. The van der Waals surface area contributed by atoms with Crippen molar-refractivity contribution in [1.82, 2.24) is 10.2 Å². The van der Waals surface area contributed by atoms with E-state index in [9.17, 15) is 9.59 Å². The van der Waals surface area contributed by atoms with E-state index in [1.54, 1.807) is 20.8 Å². The number of methoxy groups -OCH3 is 1. The molecule has 0 aliphatic carbocycles. The number of rotatable bonds is 3. The van der Waals surface area contributed by atoms with Gasteiger partial charge in [0.25, 0.3) is 5.91 Å². The van der Waals surface area contributed by atoms with Gasteiger partial charge >= 0.3 is 6.09 Å². The van der Waals surface area contributed by atoms with Gasteiger partial charge in [-0.25, -0.2) is 4.79 Å². The smallest absolute Gasteiger partial charge is 0.410 e. The van der Waals surface area contributed by atoms with Crippen molar-refractivity contribution in [1.29, 1.82) is 0 Å². The minimum atomic E-state index is -0.684. The van der Waals surface area contributed by atoms with Crippen LogP contribution in [-0.2, 0) is 19.0 Å². The molecule has 7 heteroatoms. The molecule has 0 spiro atoms. The predicted octanol–water partition coefficient (Wildman–Crippen LogP) is 0.342. The zero-order valence-electron chi connectivity index (χ0n) is 11.9. The second-order valence-electron chi connectivity index (χ2n) is 5.26. The topological polar surface area (TPSA) is 77.1 Å². The number of nitrogens with one attached hydrogen (secondary N) is 1. The Bertz CT molecular complexity index is 327. The Balaban J connectivity index is 2.50. The van der Waals surface area contributed by atoms with E-state index in [0.29, 0.717) is 13.2 Å². The molecule has 0 radical (unpaired) electrons. The molecule has 1 saturated heterocycles. The molecule has 0 aromatic rings. The van der Waals surface area contributed by atoms with Gasteiger partial charge in [0, 0.05) is 13.7 Å². The van der Waals surface area contributed by atoms with E-state index in [1.165, 1.54) is 12.0 Å². The van der Waals surface area contributed by atoms with E-state index in [1.807, 2.05) is 0 Å². The van der Waals surface area contributed by atoms with E-state index in [-0.39, 0.29) is 19.2 Å². The second kappa shape index (κ2) is 6.72. The third-order valence-electron chi connectivity index (χ3n) is 2.40. The number of ether oxygens (including phenoxy) is 3. The summed E-state index contributed by atoms with van der Waals surface area (Å²) in [6, 6.07) is 0. The Hall–Kier alpha value is -1.34. The van der Waals surface area contributed by atoms with Crippen molar-refractivity contribution in [2.45, 2.75) is 32.5 Å². The van der Waals surface area contributed by atoms with Crippen LogP contribution in [0.25, 0.3) is 0 Å². The summed E-state index contributed by atoms with van der Waals surface area (Å²) < 4.78 is 15.3. The van der Waals surface area contributed by atoms with Crippen molar-refractivity contribution < 1.29 is 23.8 Å². The largest absolute Gasteiger partial charge is 0.444 e. The average molecular weight is 274 g/mol. The summed E-state index contributed by atoms with van der Waals surface area (Å²) in [5, 5.41) is 2.54. The van der Waals surface area contributed by atoms with E-state index in [4.69, 9.17) is 14.2 Å². The van der Waals surface area contributed by atoms with Crippen LogP contribution in [0, 0.1) is 0 Å². The molecule has 0 aromatic heterocycles. The van der Waals surface area contributed by atoms with Crippen molar-refractivity contribution in [3.63, 3.8) is 0 Å². The minimum absolute atomic E-state index is 0.116. The van der Waals surface area contributed by atoms with Crippen LogP contribution in [0.3, 0.4) is 0 Å². The number of hydrogen-bond donors (Lipinski definition) is 1. The number of carbonyl (C=O) groups is 2. The molecule has 1 aliphatic heterocycles. The summed E-state index contributed by atoms with van der Waals surface area (Å²) >= 11 is 0. The van der Waals surface area contributed by atoms with E-state index in [0.717, 1.165) is 0 Å². The minimum Gasteiger partial charge on any atom is -0.444 e. The fourth-order valence-electron chi connectivity index (χ4n) is 1.56. The lowest BCUT2D eigenvalue weighted by atomic mass is 10.2. The van der Waals surface area contributed by atoms with Gasteiger partial charge in [0.05, 0.1) is 13.2 Å². The van der Waals surface area contributed by atoms with Crippen LogP contribution < -0.4 is 5.32 Å². The van der Waals surface area contributed by atoms with Crippen molar-refractivity contribution in [2.75, 3.05) is 33.5 Å². The lowest BCUT2D eigenvalue weighted by molar-refractivity contribution is -0.139. The number of carbonyl (C=O) groups excluding carboxylic acids is 2. The summed E-state index contributed by atoms with van der Waals surface area (Å²) in [4.78, 5) is 25.1. The maximum Gasteiger partial charge on any atom is 0.410 e. The highest BCUT2D eigenvalue weighted by Gasteiger charge is 2.31. The molecule has 2 amide bonds. The SMILES string of the molecule is COCNC(=O)[C@@H]1CN(C(=O)OC(C)(C)C)CCO1. The average Bonchev–Trinajstić information content (AvgIpc) is 2.34. The molecule has 19 heavy (non-hydrogen) atoms. The van der Waals surface area contributed by atoms with Gasteiger partial charge in [-0.3, -0.25) is 4.79 Å². The van der Waals surface area contributed by atoms with Gasteiger partial charge in [0.1, 0.15) is 12.3 Å². The Morgan fingerprint density at radius 3 is 2.68 bits per heavy atom. The molecule has 110 valence electrons. The van der Waals surface area contributed by atoms with Crippen LogP contribution >= 0.6 is 0 Å². The number of nitrogens with zero attached hydrogens (tertiary/aromatic N) is 1. The summed E-state index contributed by atoms with van der Waals surface area (Å²) in [6.07, 6.45) is -1.11. The highest BCUT2D eigenvalue weighted by atomic mass is 16.6. The highest BCUT2D eigenvalue weighted by molar-refractivity contribution is 5.81. The van der Waals surface area contributed by atoms with E-state index >= 15 is 0 Å². The Morgan fingerprint density at radius 1 is 1.42 bits per heavy atom. The lowest BCUT2D eigenvalue weighted by Crippen LogP contribution is -2.52. The molecule has 1 N–H and O–H groups in total. The Labute approximate surface area is 113 Å². The molecule has 0 saturated carbocycles. The first-order chi connectivity index (χ1) is 8.83. The van der Waals surface area contributed by atoms with Crippen LogP contribution in [0.1, 0.15) is 20.8 Å². The van der Waals surface area contributed by atoms with Gasteiger partial charge in [-0.05, 0) is 20.8 Å². The van der Waals surface area contributed by atoms with Gasteiger partial charge in [-0.1, -0.05) is 0 Å². The van der Waals surface area contributed by atoms with Crippen molar-refractivity contribution >= 4 is 12.0 Å². The maximum absolute atomic E-state index is 11.9. The Morgan fingerprint density at radius 2 is 2.11 bits per heavy atom. The monoisotopic (exact) mass is 274 g/mol. The molecule has 1 heterocycles. The third-order valence-corrected chi connectivity index (χ3v) is 2.40. The van der Waals surface area contributed by atoms with Crippen LogP contribution in [0.2, 0.25) is 0 Å². The van der Waals surface area contributed by atoms with Crippen molar-refractivity contribution in [3.8, 4) is 0 Å². The molecular formula is C12H22N2O5. The summed E-state index contributed by atoms with van der Waals surface area (Å²) in [5.41, 5.74) is -0.552. The quantitative estimate of drug-likeness (QED) is 0.751. The van der Waals surface area contributed by atoms with Crippen LogP contribution in [0.4, 0.5) is 4.79 Å². The van der Waals surface area contributed by atoms with Crippen LogP contribution in [-0.4, -0.2) is 62.1 Å². The van der Waals surface area contributed by atoms with Gasteiger partial charge in [0.2, 0.25) is 0 Å². The second-order valence-corrected chi connectivity index (χ2v) is 5.26. The van der Waals surface area contributed by atoms with Gasteiger partial charge in [-0.2, -0.15) is 0 Å². The molecule has 0 unspecified atom stereocenters. The number of hydrogen-bond acceptors (Lipinski definition) is 5. The number of morpholine rings is 1. The molecule has 1 fully saturated rings. The fourth-order valence-corrected chi connectivity index (χ4v) is 1.56. The molecule has 0 aromatic carbocycles. The van der Waals surface area contributed by atoms with E-state index in [2.05, 4.69) is 5.32 Å². The molecular weight excluding hydrogens is 252 g/mol. The van der Waals surface area contributed by atoms with E-state index < -0.39 is 17.8 Å². The van der Waals surface area contributed by atoms with Crippen molar-refractivity contribution in [2.24, 2.45) is 0 Å². The fraction of sp³-hybridized carbons (Fsp3) is 0.833. The molecule has 1 atom stereocenters. The summed E-state index contributed by atoms with van der Waals surface area (Å²) in [5.74, 6) is -0.296. The maximum atomic E-state index is 11.9. The van der Waals surface area contributed by atoms with Crippen molar-refractivity contribution in [3.05, 3.63) is 0 Å². The third kappa shape index (κ3) is 5.44. The van der Waals surface area contributed by atoms with Crippen LogP contribution in [0.5, 0.6) is 0 Å². The predicted molar refractivity (Wildman–Crippen MR) is 67.6 cm³/mol. The molecule has 1 aliphatic rings. The molecule has 1 rings (SSSR count). The first kappa shape index (κ1) is 15.7. The first-order valence-electron chi connectivity index (χ1n) is 6.19. The molecule has 7 nitrogen and oxygen atoms in total. The van der Waals surface area contributed by atoms with Gasteiger partial charge in [-0.15, -0.1) is 0 Å². The van der Waals surface area contributed by atoms with Gasteiger partial charge in [0.15, 0.2) is 6.10 Å². The standard InChI is InChI=1S/C12H22N2O5/c1-12(2,3)19-11(16)14-5-6-18-9(7-14)10(15)13-8-17-4/h9H,5-8H2,1-4H3,(H,13,15)/t9-/m0/s1.